The van der Waals surface area contributed by atoms with Crippen molar-refractivity contribution in [3.8, 4) is 0 Å². The number of rotatable bonds is 3. The minimum absolute atomic E-state index is 0.0325. The normalized spacial score (nSPS) is 17.4. The Hall–Kier alpha value is -2.96. The maximum atomic E-state index is 12.8. The van der Waals surface area contributed by atoms with Crippen LogP contribution < -0.4 is 5.69 Å². The maximum absolute atomic E-state index is 12.8. The molecule has 0 bridgehead atoms. The molecule has 0 radical (unpaired) electrons. The van der Waals surface area contributed by atoms with Gasteiger partial charge in [0.2, 0.25) is 5.91 Å². The van der Waals surface area contributed by atoms with Gasteiger partial charge in [0.25, 0.3) is 0 Å². The summed E-state index contributed by atoms with van der Waals surface area (Å²) >= 11 is 0. The fourth-order valence-electron chi connectivity index (χ4n) is 3.79. The number of aromatic nitrogens is 4. The lowest BCUT2D eigenvalue weighted by Gasteiger charge is -2.32. The molecule has 2 aromatic heterocycles. The number of hydrogen-bond acceptors (Lipinski definition) is 4. The third-order valence-electron chi connectivity index (χ3n) is 5.21. The third kappa shape index (κ3) is 3.49. The van der Waals surface area contributed by atoms with Gasteiger partial charge in [-0.1, -0.05) is 12.1 Å². The number of aryl methyl sites for hydroxylation is 2. The van der Waals surface area contributed by atoms with E-state index in [1.807, 2.05) is 42.2 Å². The van der Waals surface area contributed by atoms with Crippen LogP contribution in [0.25, 0.3) is 11.0 Å². The number of carbonyl (C=O) groups is 1. The Kier molecular flexibility index (Phi) is 4.51. The molecule has 7 heteroatoms. The van der Waals surface area contributed by atoms with E-state index in [0.717, 1.165) is 35.4 Å². The highest BCUT2D eigenvalue weighted by Gasteiger charge is 2.27. The number of nitrogens with zero attached hydrogens (tertiary/aromatic N) is 4. The zero-order chi connectivity index (χ0) is 19.0. The molecule has 0 saturated carbocycles. The Balaban J connectivity index is 1.51. The van der Waals surface area contributed by atoms with Crippen LogP contribution >= 0.6 is 0 Å². The molecule has 7 nitrogen and oxygen atoms in total. The molecule has 27 heavy (non-hydrogen) atoms. The van der Waals surface area contributed by atoms with Gasteiger partial charge in [0.05, 0.1) is 11.0 Å². The maximum Gasteiger partial charge on any atom is 0.348 e. The highest BCUT2D eigenvalue weighted by atomic mass is 16.2. The molecule has 1 unspecified atom stereocenters. The van der Waals surface area contributed by atoms with Gasteiger partial charge < -0.3 is 9.88 Å². The summed E-state index contributed by atoms with van der Waals surface area (Å²) in [5.74, 6) is 1.06. The summed E-state index contributed by atoms with van der Waals surface area (Å²) in [7, 11) is 0. The first-order chi connectivity index (χ1) is 13.0. The fraction of sp³-hybridized carbons (Fsp3) is 0.400. The topological polar surface area (TPSA) is 83.9 Å². The number of imidazole rings is 1. The van der Waals surface area contributed by atoms with E-state index in [1.54, 1.807) is 6.92 Å². The van der Waals surface area contributed by atoms with Crippen molar-refractivity contribution in [1.29, 1.82) is 0 Å². The van der Waals surface area contributed by atoms with Crippen LogP contribution in [0.15, 0.2) is 35.1 Å². The third-order valence-corrected chi connectivity index (χ3v) is 5.21. The van der Waals surface area contributed by atoms with Crippen molar-refractivity contribution in [3.05, 3.63) is 58.0 Å². The zero-order valence-electron chi connectivity index (χ0n) is 15.6. The van der Waals surface area contributed by atoms with Gasteiger partial charge in [-0.3, -0.25) is 9.36 Å². The highest BCUT2D eigenvalue weighted by molar-refractivity contribution is 5.77. The Morgan fingerprint density at radius 2 is 2.07 bits per heavy atom. The lowest BCUT2D eigenvalue weighted by molar-refractivity contribution is -0.133. The van der Waals surface area contributed by atoms with Gasteiger partial charge in [-0.25, -0.2) is 9.78 Å². The molecule has 0 spiro atoms. The van der Waals surface area contributed by atoms with Crippen molar-refractivity contribution in [2.45, 2.75) is 39.2 Å². The summed E-state index contributed by atoms with van der Waals surface area (Å²) in [6, 6.07) is 9.77. The van der Waals surface area contributed by atoms with Gasteiger partial charge in [-0.05, 0) is 44.9 Å². The summed E-state index contributed by atoms with van der Waals surface area (Å²) in [6.45, 7) is 4.97. The number of nitrogens with one attached hydrogen (secondary N) is 1. The Bertz CT molecular complexity index is 1020. The molecule has 1 atom stereocenters. The van der Waals surface area contributed by atoms with E-state index in [1.165, 1.54) is 4.57 Å². The molecule has 1 fully saturated rings. The van der Waals surface area contributed by atoms with Crippen molar-refractivity contribution in [2.75, 3.05) is 13.1 Å². The largest absolute Gasteiger partial charge is 0.348 e. The second kappa shape index (κ2) is 6.98. The molecule has 3 aromatic rings. The monoisotopic (exact) mass is 365 g/mol. The predicted molar refractivity (Wildman–Crippen MR) is 103 cm³/mol. The molecule has 4 rings (SSSR count). The smallest absolute Gasteiger partial charge is 0.342 e. The van der Waals surface area contributed by atoms with E-state index in [9.17, 15) is 9.59 Å². The Morgan fingerprint density at radius 3 is 2.85 bits per heavy atom. The van der Waals surface area contributed by atoms with Crippen molar-refractivity contribution >= 4 is 16.9 Å². The zero-order valence-corrected chi connectivity index (χ0v) is 15.6. The van der Waals surface area contributed by atoms with E-state index in [0.29, 0.717) is 18.8 Å². The van der Waals surface area contributed by atoms with E-state index in [-0.39, 0.29) is 24.1 Å². The summed E-state index contributed by atoms with van der Waals surface area (Å²) < 4.78 is 1.44. The van der Waals surface area contributed by atoms with Gasteiger partial charge >= 0.3 is 5.69 Å². The number of H-pyrrole nitrogens is 1. The van der Waals surface area contributed by atoms with E-state index >= 15 is 0 Å². The van der Waals surface area contributed by atoms with E-state index in [4.69, 9.17) is 4.98 Å². The molecule has 3 heterocycles. The van der Waals surface area contributed by atoms with Crippen LogP contribution in [0.4, 0.5) is 0 Å². The fourth-order valence-corrected chi connectivity index (χ4v) is 3.79. The van der Waals surface area contributed by atoms with Crippen LogP contribution in [0.3, 0.4) is 0 Å². The number of piperidine rings is 1. The van der Waals surface area contributed by atoms with Gasteiger partial charge in [-0.15, -0.1) is 0 Å². The number of carbonyl (C=O) groups excluding carboxylic acids is 1. The molecule has 1 aliphatic rings. The summed E-state index contributed by atoms with van der Waals surface area (Å²) in [4.78, 5) is 38.8. The molecule has 0 aliphatic carbocycles. The first-order valence-electron chi connectivity index (χ1n) is 9.29. The molecule has 1 saturated heterocycles. The molecule has 1 N–H and O–H groups in total. The van der Waals surface area contributed by atoms with Crippen LogP contribution in [-0.4, -0.2) is 43.4 Å². The lowest BCUT2D eigenvalue weighted by atomic mass is 9.97. The van der Waals surface area contributed by atoms with Gasteiger partial charge in [0.1, 0.15) is 12.4 Å². The number of benzene rings is 1. The van der Waals surface area contributed by atoms with E-state index < -0.39 is 0 Å². The van der Waals surface area contributed by atoms with Crippen molar-refractivity contribution in [2.24, 2.45) is 0 Å². The van der Waals surface area contributed by atoms with Crippen molar-refractivity contribution < 1.29 is 4.79 Å². The van der Waals surface area contributed by atoms with Gasteiger partial charge in [0.15, 0.2) is 0 Å². The molecular formula is C20H23N5O2. The predicted octanol–water partition coefficient (Wildman–Crippen LogP) is 2.14. The van der Waals surface area contributed by atoms with E-state index in [2.05, 4.69) is 9.97 Å². The lowest BCUT2D eigenvalue weighted by Crippen LogP contribution is -2.43. The molecule has 1 aromatic carbocycles. The Morgan fingerprint density at radius 1 is 1.26 bits per heavy atom. The first kappa shape index (κ1) is 17.5. The van der Waals surface area contributed by atoms with Crippen LogP contribution in [-0.2, 0) is 11.3 Å². The molecule has 1 aliphatic heterocycles. The number of para-hydroxylation sites is 2. The average Bonchev–Trinajstić information content (AvgIpc) is 3.09. The molecule has 140 valence electrons. The van der Waals surface area contributed by atoms with Crippen LogP contribution in [0.5, 0.6) is 0 Å². The first-order valence-corrected chi connectivity index (χ1v) is 9.29. The van der Waals surface area contributed by atoms with Crippen molar-refractivity contribution in [3.63, 3.8) is 0 Å². The van der Waals surface area contributed by atoms with Crippen LogP contribution in [0.1, 0.15) is 36.0 Å². The quantitative estimate of drug-likeness (QED) is 0.771. The number of likely N-dealkylation sites (tertiary alicyclic amines) is 1. The van der Waals surface area contributed by atoms with Gasteiger partial charge in [-0.2, -0.15) is 4.98 Å². The van der Waals surface area contributed by atoms with Gasteiger partial charge in [0, 0.05) is 30.4 Å². The van der Waals surface area contributed by atoms with Crippen LogP contribution in [0, 0.1) is 13.8 Å². The SMILES string of the molecule is Cc1cc(C)n(CC(=O)N2CCCC(c3nc4ccccc4[nH]3)C2)c(=O)n1. The Labute approximate surface area is 157 Å². The van der Waals surface area contributed by atoms with Crippen molar-refractivity contribution in [1.82, 2.24) is 24.4 Å². The highest BCUT2D eigenvalue weighted by Crippen LogP contribution is 2.26. The molecule has 1 amide bonds. The number of fused-ring (bicyclic) bond motifs is 1. The summed E-state index contributed by atoms with van der Waals surface area (Å²) in [5, 5.41) is 0. The second-order valence-electron chi connectivity index (χ2n) is 7.23. The standard InChI is InChI=1S/C20H23N5O2/c1-13-10-14(2)25(20(27)21-13)12-18(26)24-9-5-6-15(11-24)19-22-16-7-3-4-8-17(16)23-19/h3-4,7-8,10,15H,5-6,9,11-12H2,1-2H3,(H,22,23). The molecular weight excluding hydrogens is 342 g/mol. The minimum Gasteiger partial charge on any atom is -0.342 e. The number of hydrogen-bond donors (Lipinski definition) is 1. The number of amides is 1. The minimum atomic E-state index is -0.369. The number of aromatic amines is 1. The van der Waals surface area contributed by atoms with Crippen LogP contribution in [0.2, 0.25) is 0 Å². The summed E-state index contributed by atoms with van der Waals surface area (Å²) in [6.07, 6.45) is 1.92. The second-order valence-corrected chi connectivity index (χ2v) is 7.23. The summed E-state index contributed by atoms with van der Waals surface area (Å²) in [5.41, 5.74) is 3.02. The average molecular weight is 365 g/mol.